The summed E-state index contributed by atoms with van der Waals surface area (Å²) < 4.78 is 0. The molecule has 0 bridgehead atoms. The van der Waals surface area contributed by atoms with Crippen LogP contribution < -0.4 is 0 Å². The van der Waals surface area contributed by atoms with Crippen molar-refractivity contribution in [3.05, 3.63) is 51.7 Å². The smallest absolute Gasteiger partial charge is 0.235 e. The molecular weight excluding hydrogens is 190 g/mol. The molecule has 0 amide bonds. The average molecular weight is 198 g/mol. The van der Waals surface area contributed by atoms with Crippen molar-refractivity contribution in [2.24, 2.45) is 0 Å². The third-order valence-electron chi connectivity index (χ3n) is 1.52. The molecule has 1 rings (SSSR count). The summed E-state index contributed by atoms with van der Waals surface area (Å²) in [5, 5.41) is 9.99. The molecule has 0 fully saturated rings. The van der Waals surface area contributed by atoms with Crippen molar-refractivity contribution >= 4 is 17.7 Å². The van der Waals surface area contributed by atoms with Crippen molar-refractivity contribution in [2.45, 2.75) is 5.88 Å². The van der Waals surface area contributed by atoms with Crippen LogP contribution in [0, 0.1) is 10.1 Å². The van der Waals surface area contributed by atoms with Crippen molar-refractivity contribution in [3.8, 4) is 0 Å². The summed E-state index contributed by atoms with van der Waals surface area (Å²) in [6.07, 6.45) is 2.35. The molecule has 0 N–H and O–H groups in total. The van der Waals surface area contributed by atoms with Gasteiger partial charge in [-0.3, -0.25) is 10.1 Å². The van der Waals surface area contributed by atoms with Gasteiger partial charge < -0.3 is 0 Å². The Labute approximate surface area is 80.8 Å². The first-order valence-electron chi connectivity index (χ1n) is 3.69. The molecule has 0 saturated carbocycles. The maximum absolute atomic E-state index is 9.99. The van der Waals surface area contributed by atoms with E-state index in [1.165, 1.54) is 6.08 Å². The second kappa shape index (κ2) is 4.62. The maximum atomic E-state index is 9.99. The van der Waals surface area contributed by atoms with Crippen LogP contribution in [0.25, 0.3) is 6.08 Å². The monoisotopic (exact) mass is 197 g/mol. The van der Waals surface area contributed by atoms with Gasteiger partial charge in [-0.1, -0.05) is 24.3 Å². The predicted molar refractivity (Wildman–Crippen MR) is 52.0 cm³/mol. The fourth-order valence-corrected chi connectivity index (χ4v) is 1.04. The Hall–Kier alpha value is -1.35. The summed E-state index contributed by atoms with van der Waals surface area (Å²) >= 11 is 5.58. The molecule has 0 aromatic heterocycles. The minimum absolute atomic E-state index is 0.458. The van der Waals surface area contributed by atoms with Gasteiger partial charge in [-0.25, -0.2) is 0 Å². The normalized spacial score (nSPS) is 10.5. The van der Waals surface area contributed by atoms with Crippen LogP contribution in [-0.4, -0.2) is 4.92 Å². The van der Waals surface area contributed by atoms with Crippen LogP contribution in [-0.2, 0) is 5.88 Å². The number of alkyl halides is 1. The summed E-state index contributed by atoms with van der Waals surface area (Å²) in [6.45, 7) is 0. The first kappa shape index (κ1) is 9.74. The molecule has 0 heterocycles. The van der Waals surface area contributed by atoms with Gasteiger partial charge in [0.1, 0.15) is 0 Å². The number of nitrogens with zero attached hydrogens (tertiary/aromatic N) is 1. The number of rotatable bonds is 3. The Balaban J connectivity index is 2.75. The molecule has 0 radical (unpaired) electrons. The van der Waals surface area contributed by atoms with Gasteiger partial charge in [-0.15, -0.1) is 11.6 Å². The Morgan fingerprint density at radius 3 is 2.46 bits per heavy atom. The lowest BCUT2D eigenvalue weighted by molar-refractivity contribution is -0.400. The van der Waals surface area contributed by atoms with E-state index in [0.29, 0.717) is 5.88 Å². The standard InChI is InChI=1S/C9H8ClNO2/c10-7-9-3-1-8(2-4-9)5-6-11(12)13/h1-6H,7H2. The lowest BCUT2D eigenvalue weighted by atomic mass is 10.1. The van der Waals surface area contributed by atoms with Crippen molar-refractivity contribution < 1.29 is 4.92 Å². The van der Waals surface area contributed by atoms with Crippen LogP contribution in [0.3, 0.4) is 0 Å². The fraction of sp³-hybridized carbons (Fsp3) is 0.111. The van der Waals surface area contributed by atoms with Crippen molar-refractivity contribution in [3.63, 3.8) is 0 Å². The summed E-state index contributed by atoms with van der Waals surface area (Å²) in [5.74, 6) is 0.458. The molecule has 3 nitrogen and oxygen atoms in total. The molecular formula is C9H8ClNO2. The molecule has 0 saturated heterocycles. The second-order valence-corrected chi connectivity index (χ2v) is 2.74. The first-order valence-corrected chi connectivity index (χ1v) is 4.22. The van der Waals surface area contributed by atoms with Crippen LogP contribution in [0.4, 0.5) is 0 Å². The van der Waals surface area contributed by atoms with Gasteiger partial charge in [0.15, 0.2) is 0 Å². The molecule has 4 heteroatoms. The highest BCUT2D eigenvalue weighted by Gasteiger charge is 1.91. The third kappa shape index (κ3) is 3.25. The van der Waals surface area contributed by atoms with E-state index < -0.39 is 4.92 Å². The van der Waals surface area contributed by atoms with E-state index in [1.54, 1.807) is 12.1 Å². The third-order valence-corrected chi connectivity index (χ3v) is 1.83. The van der Waals surface area contributed by atoms with Crippen LogP contribution in [0.5, 0.6) is 0 Å². The zero-order valence-electron chi connectivity index (χ0n) is 6.81. The molecule has 68 valence electrons. The number of halogens is 1. The molecule has 0 aliphatic heterocycles. The summed E-state index contributed by atoms with van der Waals surface area (Å²) in [7, 11) is 0. The maximum Gasteiger partial charge on any atom is 0.235 e. The molecule has 13 heavy (non-hydrogen) atoms. The molecule has 0 aliphatic rings. The highest BCUT2D eigenvalue weighted by Crippen LogP contribution is 2.07. The number of hydrogen-bond acceptors (Lipinski definition) is 2. The number of nitro groups is 1. The van der Waals surface area contributed by atoms with Gasteiger partial charge in [0.05, 0.1) is 4.92 Å². The van der Waals surface area contributed by atoms with Crippen molar-refractivity contribution in [2.75, 3.05) is 0 Å². The Morgan fingerprint density at radius 1 is 1.38 bits per heavy atom. The van der Waals surface area contributed by atoms with Crippen LogP contribution >= 0.6 is 11.6 Å². The fourth-order valence-electron chi connectivity index (χ4n) is 0.865. The lowest BCUT2D eigenvalue weighted by Crippen LogP contribution is -1.83. The zero-order valence-corrected chi connectivity index (χ0v) is 7.57. The van der Waals surface area contributed by atoms with Gasteiger partial charge >= 0.3 is 0 Å². The van der Waals surface area contributed by atoms with E-state index in [0.717, 1.165) is 17.3 Å². The van der Waals surface area contributed by atoms with Crippen molar-refractivity contribution in [1.29, 1.82) is 0 Å². The minimum Gasteiger partial charge on any atom is -0.259 e. The predicted octanol–water partition coefficient (Wildman–Crippen LogP) is 2.67. The summed E-state index contributed by atoms with van der Waals surface area (Å²) in [5.41, 5.74) is 1.80. The van der Waals surface area contributed by atoms with E-state index in [9.17, 15) is 10.1 Å². The van der Waals surface area contributed by atoms with Gasteiger partial charge in [0.25, 0.3) is 0 Å². The summed E-state index contributed by atoms with van der Waals surface area (Å²) in [4.78, 5) is 9.50. The van der Waals surface area contributed by atoms with Gasteiger partial charge in [-0.05, 0) is 11.1 Å². The Morgan fingerprint density at radius 2 is 2.00 bits per heavy atom. The molecule has 0 aliphatic carbocycles. The van der Waals surface area contributed by atoms with Crippen LogP contribution in [0.2, 0.25) is 0 Å². The van der Waals surface area contributed by atoms with Crippen LogP contribution in [0.1, 0.15) is 11.1 Å². The molecule has 0 unspecified atom stereocenters. The topological polar surface area (TPSA) is 43.1 Å². The van der Waals surface area contributed by atoms with Gasteiger partial charge in [0.2, 0.25) is 6.20 Å². The molecule has 1 aromatic rings. The second-order valence-electron chi connectivity index (χ2n) is 2.48. The van der Waals surface area contributed by atoms with E-state index in [2.05, 4.69) is 0 Å². The molecule has 1 aromatic carbocycles. The Kier molecular flexibility index (Phi) is 3.46. The van der Waals surface area contributed by atoms with E-state index >= 15 is 0 Å². The largest absolute Gasteiger partial charge is 0.259 e. The highest BCUT2D eigenvalue weighted by molar-refractivity contribution is 6.17. The minimum atomic E-state index is -0.491. The zero-order chi connectivity index (χ0) is 9.68. The van der Waals surface area contributed by atoms with E-state index in [-0.39, 0.29) is 0 Å². The SMILES string of the molecule is O=[N+]([O-])C=Cc1ccc(CCl)cc1. The van der Waals surface area contributed by atoms with E-state index in [1.807, 2.05) is 12.1 Å². The average Bonchev–Trinajstić information content (AvgIpc) is 2.15. The Bertz CT molecular complexity index is 319. The molecule has 0 atom stereocenters. The van der Waals surface area contributed by atoms with Gasteiger partial charge in [0, 0.05) is 12.0 Å². The van der Waals surface area contributed by atoms with E-state index in [4.69, 9.17) is 11.6 Å². The quantitative estimate of drug-likeness (QED) is 0.425. The van der Waals surface area contributed by atoms with Crippen molar-refractivity contribution in [1.82, 2.24) is 0 Å². The first-order chi connectivity index (χ1) is 6.22. The van der Waals surface area contributed by atoms with Crippen LogP contribution in [0.15, 0.2) is 30.5 Å². The number of benzene rings is 1. The molecule has 0 spiro atoms. The lowest BCUT2D eigenvalue weighted by Gasteiger charge is -1.94. The van der Waals surface area contributed by atoms with Gasteiger partial charge in [-0.2, -0.15) is 0 Å². The highest BCUT2D eigenvalue weighted by atomic mass is 35.5. The number of hydrogen-bond donors (Lipinski definition) is 0. The summed E-state index contributed by atoms with van der Waals surface area (Å²) in [6, 6.07) is 7.26.